The predicted molar refractivity (Wildman–Crippen MR) is 94.8 cm³/mol. The summed E-state index contributed by atoms with van der Waals surface area (Å²) in [6, 6.07) is 8.92. The van der Waals surface area contributed by atoms with Crippen molar-refractivity contribution in [2.24, 2.45) is 0 Å². The standard InChI is InChI=1S/C20H25NO4/c1-13-12-14(2)25-18(13)19(22)21-11-5-6-17(21)20(3,23)15-7-9-16(24-4)10-8-15/h7-10,12,17,23H,5-6,11H2,1-4H3/t17-,20-/m1/s1. The molecule has 2 heterocycles. The van der Waals surface area contributed by atoms with Gasteiger partial charge in [0.25, 0.3) is 5.91 Å². The van der Waals surface area contributed by atoms with Gasteiger partial charge in [-0.05, 0) is 57.4 Å². The fourth-order valence-electron chi connectivity index (χ4n) is 3.70. The molecule has 0 saturated carbocycles. The van der Waals surface area contributed by atoms with E-state index >= 15 is 0 Å². The molecule has 1 aliphatic rings. The second-order valence-electron chi connectivity index (χ2n) is 6.90. The summed E-state index contributed by atoms with van der Waals surface area (Å²) in [5, 5.41) is 11.2. The van der Waals surface area contributed by atoms with Crippen molar-refractivity contribution in [2.75, 3.05) is 13.7 Å². The van der Waals surface area contributed by atoms with Crippen molar-refractivity contribution in [3.63, 3.8) is 0 Å². The summed E-state index contributed by atoms with van der Waals surface area (Å²) in [7, 11) is 1.61. The van der Waals surface area contributed by atoms with E-state index in [2.05, 4.69) is 0 Å². The molecule has 1 fully saturated rings. The maximum Gasteiger partial charge on any atom is 0.290 e. The number of aliphatic hydroxyl groups is 1. The molecule has 0 aliphatic carbocycles. The van der Waals surface area contributed by atoms with Gasteiger partial charge in [0, 0.05) is 12.1 Å². The van der Waals surface area contributed by atoms with Gasteiger partial charge >= 0.3 is 0 Å². The van der Waals surface area contributed by atoms with Crippen LogP contribution in [-0.4, -0.2) is 35.6 Å². The molecule has 3 rings (SSSR count). The third kappa shape index (κ3) is 3.16. The summed E-state index contributed by atoms with van der Waals surface area (Å²) >= 11 is 0. The number of carbonyl (C=O) groups excluding carboxylic acids is 1. The van der Waals surface area contributed by atoms with Crippen LogP contribution >= 0.6 is 0 Å². The number of hydrogen-bond donors (Lipinski definition) is 1. The molecule has 1 aromatic carbocycles. The molecule has 2 atom stereocenters. The lowest BCUT2D eigenvalue weighted by Gasteiger charge is -2.36. The number of amides is 1. The third-order valence-corrected chi connectivity index (χ3v) is 5.07. The van der Waals surface area contributed by atoms with Crippen molar-refractivity contribution in [3.05, 3.63) is 53.0 Å². The summed E-state index contributed by atoms with van der Waals surface area (Å²) in [6.07, 6.45) is 1.62. The first-order chi connectivity index (χ1) is 11.8. The Hall–Kier alpha value is -2.27. The lowest BCUT2D eigenvalue weighted by Crippen LogP contribution is -2.48. The topological polar surface area (TPSA) is 62.9 Å². The molecule has 0 bridgehead atoms. The van der Waals surface area contributed by atoms with Crippen molar-refractivity contribution >= 4 is 5.91 Å². The zero-order valence-electron chi connectivity index (χ0n) is 15.2. The van der Waals surface area contributed by atoms with Gasteiger partial charge in [0.05, 0.1) is 13.2 Å². The van der Waals surface area contributed by atoms with Crippen LogP contribution in [0.4, 0.5) is 0 Å². The SMILES string of the molecule is COc1ccc([C@@](C)(O)[C@H]2CCCN2C(=O)c2oc(C)cc2C)cc1. The minimum absolute atomic E-state index is 0.151. The number of aryl methyl sites for hydroxylation is 2. The zero-order valence-corrected chi connectivity index (χ0v) is 15.2. The quantitative estimate of drug-likeness (QED) is 0.924. The molecule has 5 heteroatoms. The van der Waals surface area contributed by atoms with E-state index in [0.29, 0.717) is 12.3 Å². The minimum Gasteiger partial charge on any atom is -0.497 e. The average Bonchev–Trinajstić information content (AvgIpc) is 3.21. The van der Waals surface area contributed by atoms with Crippen LogP contribution in [0.5, 0.6) is 5.75 Å². The molecule has 25 heavy (non-hydrogen) atoms. The van der Waals surface area contributed by atoms with Gasteiger partial charge < -0.3 is 19.2 Å². The lowest BCUT2D eigenvalue weighted by molar-refractivity contribution is -0.0186. The Bertz CT molecular complexity index is 761. The van der Waals surface area contributed by atoms with Crippen LogP contribution in [0.15, 0.2) is 34.7 Å². The zero-order chi connectivity index (χ0) is 18.2. The van der Waals surface area contributed by atoms with Gasteiger partial charge in [-0.1, -0.05) is 12.1 Å². The van der Waals surface area contributed by atoms with E-state index < -0.39 is 5.60 Å². The highest BCUT2D eigenvalue weighted by Gasteiger charge is 2.43. The summed E-state index contributed by atoms with van der Waals surface area (Å²) < 4.78 is 10.8. The van der Waals surface area contributed by atoms with E-state index in [-0.39, 0.29) is 11.9 Å². The van der Waals surface area contributed by atoms with E-state index in [1.54, 1.807) is 18.9 Å². The number of likely N-dealkylation sites (tertiary alicyclic amines) is 1. The molecule has 0 spiro atoms. The van der Waals surface area contributed by atoms with Gasteiger partial charge in [-0.15, -0.1) is 0 Å². The summed E-state index contributed by atoms with van der Waals surface area (Å²) in [6.45, 7) is 6.09. The van der Waals surface area contributed by atoms with E-state index in [1.165, 1.54) is 0 Å². The minimum atomic E-state index is -1.14. The fourth-order valence-corrected chi connectivity index (χ4v) is 3.70. The van der Waals surface area contributed by atoms with Crippen LogP contribution in [0.2, 0.25) is 0 Å². The van der Waals surface area contributed by atoms with Gasteiger partial charge in [-0.2, -0.15) is 0 Å². The monoisotopic (exact) mass is 343 g/mol. The summed E-state index contributed by atoms with van der Waals surface area (Å²) in [5.74, 6) is 1.68. The van der Waals surface area contributed by atoms with Crippen LogP contribution in [0, 0.1) is 13.8 Å². The normalized spacial score (nSPS) is 19.7. The first-order valence-electron chi connectivity index (χ1n) is 8.59. The first kappa shape index (κ1) is 17.5. The molecule has 134 valence electrons. The number of methoxy groups -OCH3 is 1. The number of ether oxygens (including phenoxy) is 1. The number of benzene rings is 1. The first-order valence-corrected chi connectivity index (χ1v) is 8.59. The molecule has 0 radical (unpaired) electrons. The number of furan rings is 1. The van der Waals surface area contributed by atoms with E-state index in [4.69, 9.17) is 9.15 Å². The molecule has 5 nitrogen and oxygen atoms in total. The molecule has 1 aliphatic heterocycles. The smallest absolute Gasteiger partial charge is 0.290 e. The van der Waals surface area contributed by atoms with Crippen LogP contribution in [-0.2, 0) is 5.60 Å². The van der Waals surface area contributed by atoms with Crippen molar-refractivity contribution in [1.29, 1.82) is 0 Å². The number of carbonyl (C=O) groups is 1. The van der Waals surface area contributed by atoms with E-state index in [9.17, 15) is 9.90 Å². The summed E-state index contributed by atoms with van der Waals surface area (Å²) in [4.78, 5) is 14.7. The van der Waals surface area contributed by atoms with Gasteiger partial charge in [0.1, 0.15) is 17.1 Å². The van der Waals surface area contributed by atoms with Gasteiger partial charge in [-0.3, -0.25) is 4.79 Å². The summed E-state index contributed by atoms with van der Waals surface area (Å²) in [5.41, 5.74) is 0.455. The average molecular weight is 343 g/mol. The molecular formula is C20H25NO4. The van der Waals surface area contributed by atoms with E-state index in [1.807, 2.05) is 44.2 Å². The van der Waals surface area contributed by atoms with Gasteiger partial charge in [0.2, 0.25) is 0 Å². The second kappa shape index (κ2) is 6.56. The van der Waals surface area contributed by atoms with Crippen molar-refractivity contribution in [2.45, 2.75) is 45.3 Å². The number of hydrogen-bond acceptors (Lipinski definition) is 4. The van der Waals surface area contributed by atoms with Gasteiger partial charge in [0.15, 0.2) is 5.76 Å². The maximum atomic E-state index is 13.0. The molecule has 1 N–H and O–H groups in total. The molecule has 0 unspecified atom stereocenters. The Morgan fingerprint density at radius 2 is 2.00 bits per heavy atom. The molecule has 1 saturated heterocycles. The Balaban J connectivity index is 1.89. The lowest BCUT2D eigenvalue weighted by atomic mass is 9.86. The Kier molecular flexibility index (Phi) is 4.60. The van der Waals surface area contributed by atoms with Gasteiger partial charge in [-0.25, -0.2) is 0 Å². The Morgan fingerprint density at radius 3 is 2.56 bits per heavy atom. The maximum absolute atomic E-state index is 13.0. The van der Waals surface area contributed by atoms with Crippen molar-refractivity contribution < 1.29 is 19.1 Å². The highest BCUT2D eigenvalue weighted by atomic mass is 16.5. The van der Waals surface area contributed by atoms with Crippen LogP contribution in [0.1, 0.15) is 47.2 Å². The molecule has 1 aromatic heterocycles. The third-order valence-electron chi connectivity index (χ3n) is 5.07. The van der Waals surface area contributed by atoms with Crippen molar-refractivity contribution in [1.82, 2.24) is 4.90 Å². The van der Waals surface area contributed by atoms with Crippen LogP contribution in [0.25, 0.3) is 0 Å². The highest BCUT2D eigenvalue weighted by molar-refractivity contribution is 5.93. The number of rotatable bonds is 4. The van der Waals surface area contributed by atoms with E-state index in [0.717, 1.165) is 35.5 Å². The largest absolute Gasteiger partial charge is 0.497 e. The molecule has 2 aromatic rings. The Labute approximate surface area is 148 Å². The predicted octanol–water partition coefficient (Wildman–Crippen LogP) is 3.42. The van der Waals surface area contributed by atoms with Crippen LogP contribution in [0.3, 0.4) is 0 Å². The van der Waals surface area contributed by atoms with Crippen LogP contribution < -0.4 is 4.74 Å². The number of nitrogens with zero attached hydrogens (tertiary/aromatic N) is 1. The molecular weight excluding hydrogens is 318 g/mol. The molecule has 1 amide bonds. The second-order valence-corrected chi connectivity index (χ2v) is 6.90. The highest BCUT2D eigenvalue weighted by Crippen LogP contribution is 2.36. The fraction of sp³-hybridized carbons (Fsp3) is 0.450. The van der Waals surface area contributed by atoms with Crippen molar-refractivity contribution in [3.8, 4) is 5.75 Å². The Morgan fingerprint density at radius 1 is 1.32 bits per heavy atom.